The molecule has 1 aromatic rings. The number of carboxylic acid groups (broad SMARTS) is 1. The van der Waals surface area contributed by atoms with E-state index in [0.29, 0.717) is 13.1 Å². The number of piperazine rings is 1. The first-order chi connectivity index (χ1) is 12.5. The molecule has 1 N–H and O–H groups in total. The van der Waals surface area contributed by atoms with E-state index in [1.54, 1.807) is 0 Å². The van der Waals surface area contributed by atoms with Crippen molar-refractivity contribution < 1.29 is 14.7 Å². The first kappa shape index (κ1) is 17.1. The van der Waals surface area contributed by atoms with Crippen molar-refractivity contribution in [3.8, 4) is 0 Å². The molecule has 2 fully saturated rings. The second kappa shape index (κ2) is 6.45. The van der Waals surface area contributed by atoms with Crippen molar-refractivity contribution in [2.75, 3.05) is 31.1 Å². The van der Waals surface area contributed by atoms with Gasteiger partial charge in [0.25, 0.3) is 0 Å². The van der Waals surface area contributed by atoms with Crippen LogP contribution in [0.3, 0.4) is 0 Å². The Bertz CT molecular complexity index is 765. The monoisotopic (exact) mass is 354 g/mol. The molecule has 0 radical (unpaired) electrons. The number of nitrogens with zero attached hydrogens (tertiary/aromatic N) is 2. The Morgan fingerprint density at radius 3 is 2.31 bits per heavy atom. The van der Waals surface area contributed by atoms with Crippen molar-refractivity contribution in [3.63, 3.8) is 0 Å². The van der Waals surface area contributed by atoms with Crippen molar-refractivity contribution in [3.05, 3.63) is 41.5 Å². The lowest BCUT2D eigenvalue weighted by molar-refractivity contribution is -0.151. The van der Waals surface area contributed by atoms with Gasteiger partial charge in [0, 0.05) is 31.9 Å². The van der Waals surface area contributed by atoms with Gasteiger partial charge in [-0.1, -0.05) is 24.3 Å². The minimum atomic E-state index is -0.825. The van der Waals surface area contributed by atoms with Gasteiger partial charge in [-0.25, -0.2) is 0 Å². The Balaban J connectivity index is 1.45. The summed E-state index contributed by atoms with van der Waals surface area (Å²) in [6.45, 7) is 7.18. The van der Waals surface area contributed by atoms with Gasteiger partial charge in [0.05, 0.1) is 11.8 Å². The number of carboxylic acids is 1. The largest absolute Gasteiger partial charge is 0.481 e. The molecule has 5 nitrogen and oxygen atoms in total. The van der Waals surface area contributed by atoms with E-state index in [9.17, 15) is 14.7 Å². The Labute approximate surface area is 154 Å². The predicted molar refractivity (Wildman–Crippen MR) is 100 cm³/mol. The molecule has 1 saturated heterocycles. The van der Waals surface area contributed by atoms with Gasteiger partial charge in [-0.2, -0.15) is 0 Å². The second-order valence-electron chi connectivity index (χ2n) is 7.87. The van der Waals surface area contributed by atoms with Crippen LogP contribution in [0, 0.1) is 37.5 Å². The fourth-order valence-corrected chi connectivity index (χ4v) is 4.95. The van der Waals surface area contributed by atoms with Crippen molar-refractivity contribution in [1.82, 2.24) is 4.90 Å². The molecule has 1 aromatic carbocycles. The smallest absolute Gasteiger partial charge is 0.307 e. The summed E-state index contributed by atoms with van der Waals surface area (Å²) in [6, 6.07) is 6.34. The van der Waals surface area contributed by atoms with E-state index in [1.165, 1.54) is 16.8 Å². The second-order valence-corrected chi connectivity index (χ2v) is 7.87. The number of hydrogen-bond acceptors (Lipinski definition) is 3. The number of fused-ring (bicyclic) bond motifs is 2. The SMILES string of the molecule is Cc1cccc(N2CCN(C(=O)[C@@H]3[C@@H](C(=O)O)[C@@H]4C=C[C@@H]3C4)CC2)c1C. The highest BCUT2D eigenvalue weighted by molar-refractivity contribution is 5.87. The van der Waals surface area contributed by atoms with E-state index in [2.05, 4.69) is 43.0 Å². The minimum absolute atomic E-state index is 0.0303. The van der Waals surface area contributed by atoms with Crippen LogP contribution < -0.4 is 4.90 Å². The van der Waals surface area contributed by atoms with E-state index in [4.69, 9.17) is 0 Å². The van der Waals surface area contributed by atoms with Gasteiger partial charge in [0.1, 0.15) is 0 Å². The van der Waals surface area contributed by atoms with Crippen LogP contribution in [0.2, 0.25) is 0 Å². The maximum Gasteiger partial charge on any atom is 0.307 e. The lowest BCUT2D eigenvalue weighted by Crippen LogP contribution is -2.52. The Hall–Kier alpha value is -2.30. The highest BCUT2D eigenvalue weighted by Crippen LogP contribution is 2.48. The molecule has 4 rings (SSSR count). The number of carbonyl (C=O) groups excluding carboxylic acids is 1. The Morgan fingerprint density at radius 1 is 1.00 bits per heavy atom. The summed E-state index contributed by atoms with van der Waals surface area (Å²) in [6.07, 6.45) is 4.86. The Morgan fingerprint density at radius 2 is 1.65 bits per heavy atom. The molecule has 0 spiro atoms. The summed E-state index contributed by atoms with van der Waals surface area (Å²) >= 11 is 0. The fraction of sp³-hybridized carbons (Fsp3) is 0.524. The van der Waals surface area contributed by atoms with Crippen molar-refractivity contribution in [1.29, 1.82) is 0 Å². The van der Waals surface area contributed by atoms with Gasteiger partial charge in [-0.15, -0.1) is 0 Å². The number of aryl methyl sites for hydroxylation is 1. The summed E-state index contributed by atoms with van der Waals surface area (Å²) in [7, 11) is 0. The fourth-order valence-electron chi connectivity index (χ4n) is 4.95. The Kier molecular flexibility index (Phi) is 4.25. The average molecular weight is 354 g/mol. The van der Waals surface area contributed by atoms with E-state index in [1.807, 2.05) is 11.0 Å². The topological polar surface area (TPSA) is 60.9 Å². The molecular formula is C21H26N2O3. The molecule has 0 unspecified atom stereocenters. The molecule has 1 amide bonds. The summed E-state index contributed by atoms with van der Waals surface area (Å²) in [5.41, 5.74) is 3.80. The van der Waals surface area contributed by atoms with E-state index >= 15 is 0 Å². The first-order valence-electron chi connectivity index (χ1n) is 9.48. The quantitative estimate of drug-likeness (QED) is 0.847. The summed E-state index contributed by atoms with van der Waals surface area (Å²) < 4.78 is 0. The molecule has 1 saturated carbocycles. The van der Waals surface area contributed by atoms with Crippen LogP contribution >= 0.6 is 0 Å². The summed E-state index contributed by atoms with van der Waals surface area (Å²) in [5, 5.41) is 9.59. The van der Waals surface area contributed by atoms with Crippen LogP contribution in [0.1, 0.15) is 17.5 Å². The first-order valence-corrected chi connectivity index (χ1v) is 9.48. The van der Waals surface area contributed by atoms with Gasteiger partial charge >= 0.3 is 5.97 Å². The number of rotatable bonds is 3. The zero-order valence-electron chi connectivity index (χ0n) is 15.4. The van der Waals surface area contributed by atoms with Gasteiger partial charge in [0.15, 0.2) is 0 Å². The number of hydrogen-bond donors (Lipinski definition) is 1. The van der Waals surface area contributed by atoms with Crippen LogP contribution in [0.4, 0.5) is 5.69 Å². The molecule has 2 aliphatic carbocycles. The van der Waals surface area contributed by atoms with Gasteiger partial charge < -0.3 is 14.9 Å². The van der Waals surface area contributed by atoms with E-state index in [0.717, 1.165) is 19.5 Å². The van der Waals surface area contributed by atoms with E-state index < -0.39 is 11.9 Å². The van der Waals surface area contributed by atoms with Crippen molar-refractivity contribution in [2.24, 2.45) is 23.7 Å². The van der Waals surface area contributed by atoms with Crippen molar-refractivity contribution >= 4 is 17.6 Å². The normalized spacial score (nSPS) is 30.1. The van der Waals surface area contributed by atoms with Gasteiger partial charge in [-0.3, -0.25) is 9.59 Å². The maximum absolute atomic E-state index is 13.1. The van der Waals surface area contributed by atoms with Crippen LogP contribution in [0.15, 0.2) is 30.4 Å². The third kappa shape index (κ3) is 2.70. The van der Waals surface area contributed by atoms with Crippen LogP contribution in [-0.2, 0) is 9.59 Å². The molecule has 3 aliphatic rings. The molecule has 2 bridgehead atoms. The molecular weight excluding hydrogens is 328 g/mol. The van der Waals surface area contributed by atoms with Crippen LogP contribution in [0.25, 0.3) is 0 Å². The number of anilines is 1. The van der Waals surface area contributed by atoms with Crippen LogP contribution in [-0.4, -0.2) is 48.1 Å². The molecule has 0 aromatic heterocycles. The van der Waals surface area contributed by atoms with E-state index in [-0.39, 0.29) is 23.7 Å². The molecule has 26 heavy (non-hydrogen) atoms. The molecule has 5 heteroatoms. The maximum atomic E-state index is 13.1. The lowest BCUT2D eigenvalue weighted by atomic mass is 9.82. The summed E-state index contributed by atoms with van der Waals surface area (Å²) in [4.78, 5) is 29.0. The number of carbonyl (C=O) groups is 2. The van der Waals surface area contributed by atoms with Crippen LogP contribution in [0.5, 0.6) is 0 Å². The average Bonchev–Trinajstić information content (AvgIpc) is 3.25. The lowest BCUT2D eigenvalue weighted by Gasteiger charge is -2.39. The summed E-state index contributed by atoms with van der Waals surface area (Å²) in [5.74, 6) is -1.58. The highest BCUT2D eigenvalue weighted by atomic mass is 16.4. The molecule has 1 aliphatic heterocycles. The standard InChI is InChI=1S/C21H26N2O3/c1-13-4-3-5-17(14(13)2)22-8-10-23(11-9-22)20(24)18-15-6-7-16(12-15)19(18)21(25)26/h3-7,15-16,18-19H,8-12H2,1-2H3,(H,25,26)/t15-,16-,18+,19+/m1/s1. The number of allylic oxidation sites excluding steroid dienone is 2. The number of benzene rings is 1. The third-order valence-electron chi connectivity index (χ3n) is 6.54. The number of amides is 1. The van der Waals surface area contributed by atoms with Crippen molar-refractivity contribution in [2.45, 2.75) is 20.3 Å². The zero-order chi connectivity index (χ0) is 18.4. The molecule has 4 atom stereocenters. The predicted octanol–water partition coefficient (Wildman–Crippen LogP) is 2.47. The van der Waals surface area contributed by atoms with Gasteiger partial charge in [-0.05, 0) is 49.3 Å². The minimum Gasteiger partial charge on any atom is -0.481 e. The van der Waals surface area contributed by atoms with Gasteiger partial charge in [0.2, 0.25) is 5.91 Å². The number of aliphatic carboxylic acids is 1. The zero-order valence-corrected chi connectivity index (χ0v) is 15.4. The molecule has 138 valence electrons. The third-order valence-corrected chi connectivity index (χ3v) is 6.54. The highest BCUT2D eigenvalue weighted by Gasteiger charge is 2.52. The molecule has 1 heterocycles.